The molecule has 6 heteroatoms. The number of rotatable bonds is 4. The van der Waals surface area contributed by atoms with Gasteiger partial charge in [0.1, 0.15) is 6.61 Å². The van der Waals surface area contributed by atoms with Gasteiger partial charge in [-0.25, -0.2) is 4.98 Å². The van der Waals surface area contributed by atoms with Crippen molar-refractivity contribution in [2.75, 3.05) is 25.0 Å². The molecule has 0 saturated carbocycles. The average Bonchev–Trinajstić information content (AvgIpc) is 2.81. The van der Waals surface area contributed by atoms with Gasteiger partial charge in [-0.15, -0.1) is 11.3 Å². The molecule has 1 aromatic heterocycles. The molecule has 0 radical (unpaired) electrons. The first kappa shape index (κ1) is 11.5. The quantitative estimate of drug-likeness (QED) is 0.820. The molecule has 5 nitrogen and oxygen atoms in total. The molecule has 1 atom stereocenters. The Balaban J connectivity index is 1.67. The second-order valence-corrected chi connectivity index (χ2v) is 4.56. The monoisotopic (exact) mass is 241 g/mol. The highest BCUT2D eigenvalue weighted by Gasteiger charge is 2.14. The number of hydrogen-bond donors (Lipinski definition) is 2. The fourth-order valence-corrected chi connectivity index (χ4v) is 2.14. The summed E-state index contributed by atoms with van der Waals surface area (Å²) in [6.07, 6.45) is 3.96. The molecule has 1 aliphatic heterocycles. The van der Waals surface area contributed by atoms with Crippen LogP contribution in [0.2, 0.25) is 0 Å². The van der Waals surface area contributed by atoms with E-state index in [1.54, 1.807) is 6.20 Å². The molecule has 1 aromatic rings. The van der Waals surface area contributed by atoms with E-state index in [1.165, 1.54) is 11.3 Å². The van der Waals surface area contributed by atoms with Gasteiger partial charge in [0.25, 0.3) is 5.91 Å². The molecule has 1 amide bonds. The van der Waals surface area contributed by atoms with Crippen molar-refractivity contribution in [2.24, 2.45) is 0 Å². The number of piperidine rings is 1. The van der Waals surface area contributed by atoms with Crippen molar-refractivity contribution in [3.05, 3.63) is 11.6 Å². The van der Waals surface area contributed by atoms with Crippen molar-refractivity contribution < 1.29 is 9.53 Å². The van der Waals surface area contributed by atoms with Gasteiger partial charge in [0.05, 0.1) is 6.10 Å². The SMILES string of the molecule is O=C(COC1CCCNC1)Nc1nccs1. The topological polar surface area (TPSA) is 63.2 Å². The summed E-state index contributed by atoms with van der Waals surface area (Å²) in [7, 11) is 0. The first-order valence-corrected chi connectivity index (χ1v) is 6.24. The summed E-state index contributed by atoms with van der Waals surface area (Å²) in [4.78, 5) is 15.4. The summed E-state index contributed by atoms with van der Waals surface area (Å²) < 4.78 is 5.50. The van der Waals surface area contributed by atoms with Crippen LogP contribution in [-0.4, -0.2) is 36.7 Å². The number of nitrogens with one attached hydrogen (secondary N) is 2. The largest absolute Gasteiger partial charge is 0.367 e. The maximum Gasteiger partial charge on any atom is 0.252 e. The molecule has 0 aliphatic carbocycles. The van der Waals surface area contributed by atoms with Crippen LogP contribution in [-0.2, 0) is 9.53 Å². The van der Waals surface area contributed by atoms with E-state index in [1.807, 2.05) is 5.38 Å². The number of amides is 1. The van der Waals surface area contributed by atoms with Crippen molar-refractivity contribution in [3.63, 3.8) is 0 Å². The average molecular weight is 241 g/mol. The summed E-state index contributed by atoms with van der Waals surface area (Å²) >= 11 is 1.40. The second kappa shape index (κ2) is 5.93. The summed E-state index contributed by atoms with van der Waals surface area (Å²) in [6, 6.07) is 0. The molecular weight excluding hydrogens is 226 g/mol. The van der Waals surface area contributed by atoms with Crippen molar-refractivity contribution >= 4 is 22.4 Å². The third-order valence-corrected chi connectivity index (χ3v) is 3.07. The Labute approximate surface area is 98.2 Å². The first-order chi connectivity index (χ1) is 7.84. The van der Waals surface area contributed by atoms with E-state index in [4.69, 9.17) is 4.74 Å². The molecule has 88 valence electrons. The Kier molecular flexibility index (Phi) is 4.26. The van der Waals surface area contributed by atoms with Gasteiger partial charge in [-0.05, 0) is 19.4 Å². The van der Waals surface area contributed by atoms with Crippen molar-refractivity contribution in [1.29, 1.82) is 0 Å². The van der Waals surface area contributed by atoms with E-state index in [0.29, 0.717) is 5.13 Å². The molecule has 1 unspecified atom stereocenters. The van der Waals surface area contributed by atoms with Crippen LogP contribution >= 0.6 is 11.3 Å². The summed E-state index contributed by atoms with van der Waals surface area (Å²) in [5, 5.41) is 8.36. The van der Waals surface area contributed by atoms with Gasteiger partial charge in [0, 0.05) is 18.1 Å². The Bertz CT molecular complexity index is 323. The predicted octanol–water partition coefficient (Wildman–Crippen LogP) is 0.850. The number of carbonyl (C=O) groups excluding carboxylic acids is 1. The zero-order chi connectivity index (χ0) is 11.2. The van der Waals surface area contributed by atoms with E-state index in [9.17, 15) is 4.79 Å². The summed E-state index contributed by atoms with van der Waals surface area (Å²) in [6.45, 7) is 1.99. The van der Waals surface area contributed by atoms with Crippen molar-refractivity contribution in [2.45, 2.75) is 18.9 Å². The highest BCUT2D eigenvalue weighted by Crippen LogP contribution is 2.10. The van der Waals surface area contributed by atoms with Crippen LogP contribution in [0.1, 0.15) is 12.8 Å². The number of thiazole rings is 1. The first-order valence-electron chi connectivity index (χ1n) is 5.36. The lowest BCUT2D eigenvalue weighted by Crippen LogP contribution is -2.36. The summed E-state index contributed by atoms with van der Waals surface area (Å²) in [5.74, 6) is -0.138. The third-order valence-electron chi connectivity index (χ3n) is 2.38. The van der Waals surface area contributed by atoms with E-state index < -0.39 is 0 Å². The molecule has 2 heterocycles. The fourth-order valence-electron chi connectivity index (χ4n) is 1.60. The lowest BCUT2D eigenvalue weighted by molar-refractivity contribution is -0.122. The van der Waals surface area contributed by atoms with Gasteiger partial charge < -0.3 is 10.1 Å². The maximum absolute atomic E-state index is 11.5. The van der Waals surface area contributed by atoms with E-state index in [0.717, 1.165) is 25.9 Å². The number of hydrogen-bond acceptors (Lipinski definition) is 5. The van der Waals surface area contributed by atoms with Gasteiger partial charge in [0.2, 0.25) is 0 Å². The van der Waals surface area contributed by atoms with Crippen LogP contribution in [0.15, 0.2) is 11.6 Å². The number of aromatic nitrogens is 1. The molecule has 1 fully saturated rings. The van der Waals surface area contributed by atoms with Gasteiger partial charge >= 0.3 is 0 Å². The van der Waals surface area contributed by atoms with Crippen LogP contribution in [0, 0.1) is 0 Å². The fraction of sp³-hybridized carbons (Fsp3) is 0.600. The third kappa shape index (κ3) is 3.55. The van der Waals surface area contributed by atoms with Crippen LogP contribution in [0.25, 0.3) is 0 Å². The van der Waals surface area contributed by atoms with Gasteiger partial charge in [-0.1, -0.05) is 0 Å². The smallest absolute Gasteiger partial charge is 0.252 e. The van der Waals surface area contributed by atoms with E-state index >= 15 is 0 Å². The lowest BCUT2D eigenvalue weighted by Gasteiger charge is -2.22. The molecule has 0 bridgehead atoms. The van der Waals surface area contributed by atoms with E-state index in [-0.39, 0.29) is 18.6 Å². The molecule has 1 aliphatic rings. The molecule has 1 saturated heterocycles. The minimum atomic E-state index is -0.138. The normalized spacial score (nSPS) is 20.6. The van der Waals surface area contributed by atoms with Crippen LogP contribution in [0.5, 0.6) is 0 Å². The Hall–Kier alpha value is -0.980. The number of ether oxygens (including phenoxy) is 1. The van der Waals surface area contributed by atoms with E-state index in [2.05, 4.69) is 15.6 Å². The minimum absolute atomic E-state index is 0.103. The molecule has 0 spiro atoms. The molecule has 2 N–H and O–H groups in total. The Morgan fingerprint density at radius 1 is 1.75 bits per heavy atom. The Morgan fingerprint density at radius 2 is 2.69 bits per heavy atom. The predicted molar refractivity (Wildman–Crippen MR) is 62.6 cm³/mol. The van der Waals surface area contributed by atoms with Crippen molar-refractivity contribution in [3.8, 4) is 0 Å². The highest BCUT2D eigenvalue weighted by molar-refractivity contribution is 7.13. The standard InChI is InChI=1S/C10H15N3O2S/c14-9(13-10-12-4-5-16-10)7-15-8-2-1-3-11-6-8/h4-5,8,11H,1-3,6-7H2,(H,12,13,14). The minimum Gasteiger partial charge on any atom is -0.367 e. The number of anilines is 1. The zero-order valence-corrected chi connectivity index (χ0v) is 9.76. The Morgan fingerprint density at radius 3 is 3.38 bits per heavy atom. The highest BCUT2D eigenvalue weighted by atomic mass is 32.1. The lowest BCUT2D eigenvalue weighted by atomic mass is 10.1. The zero-order valence-electron chi connectivity index (χ0n) is 8.94. The number of carbonyl (C=O) groups is 1. The molecular formula is C10H15N3O2S. The van der Waals surface area contributed by atoms with Gasteiger partial charge in [-0.2, -0.15) is 0 Å². The summed E-state index contributed by atoms with van der Waals surface area (Å²) in [5.41, 5.74) is 0. The van der Waals surface area contributed by atoms with Gasteiger partial charge in [0.15, 0.2) is 5.13 Å². The van der Waals surface area contributed by atoms with Crippen LogP contribution < -0.4 is 10.6 Å². The van der Waals surface area contributed by atoms with Gasteiger partial charge in [-0.3, -0.25) is 10.1 Å². The molecule has 16 heavy (non-hydrogen) atoms. The second-order valence-electron chi connectivity index (χ2n) is 3.66. The maximum atomic E-state index is 11.5. The molecule has 2 rings (SSSR count). The number of nitrogens with zero attached hydrogens (tertiary/aromatic N) is 1. The van der Waals surface area contributed by atoms with Crippen LogP contribution in [0.4, 0.5) is 5.13 Å². The van der Waals surface area contributed by atoms with Crippen molar-refractivity contribution in [1.82, 2.24) is 10.3 Å². The van der Waals surface area contributed by atoms with Crippen LogP contribution in [0.3, 0.4) is 0 Å². The molecule has 0 aromatic carbocycles.